The van der Waals surface area contributed by atoms with Gasteiger partial charge in [-0.15, -0.1) is 0 Å². The van der Waals surface area contributed by atoms with Gasteiger partial charge >= 0.3 is 11.4 Å². The quantitative estimate of drug-likeness (QED) is 0.305. The van der Waals surface area contributed by atoms with E-state index in [1.807, 2.05) is 0 Å². The van der Waals surface area contributed by atoms with Crippen LogP contribution < -0.4 is 8.37 Å². The molecule has 0 spiro atoms. The van der Waals surface area contributed by atoms with E-state index in [1.54, 1.807) is 36.4 Å². The van der Waals surface area contributed by atoms with Crippen LogP contribution in [0.2, 0.25) is 0 Å². The molecule has 0 amide bonds. The molecule has 0 N–H and O–H groups in total. The smallest absolute Gasteiger partial charge is 0.371 e. The molecule has 0 aliphatic heterocycles. The van der Waals surface area contributed by atoms with Crippen molar-refractivity contribution >= 4 is 11.4 Å². The number of hydrogen-bond donors (Lipinski definition) is 0. The highest BCUT2D eigenvalue weighted by Gasteiger charge is 2.18. The van der Waals surface area contributed by atoms with Gasteiger partial charge in [0.2, 0.25) is 0 Å². The average molecular weight is 458 g/mol. The molecule has 0 aromatic heterocycles. The third-order valence-electron chi connectivity index (χ3n) is 4.48. The predicted molar refractivity (Wildman–Crippen MR) is 113 cm³/mol. The highest BCUT2D eigenvalue weighted by molar-refractivity contribution is 7.75. The van der Waals surface area contributed by atoms with E-state index in [4.69, 9.17) is 8.37 Å². The zero-order chi connectivity index (χ0) is 22.7. The summed E-state index contributed by atoms with van der Waals surface area (Å²) in [5.74, 6) is -4.58. The first kappa shape index (κ1) is 21.6. The average Bonchev–Trinajstić information content (AvgIpc) is 2.74. The molecule has 4 aromatic carbocycles. The molecule has 4 aromatic rings. The third kappa shape index (κ3) is 4.65. The first-order valence-electron chi connectivity index (χ1n) is 9.29. The zero-order valence-electron chi connectivity index (χ0n) is 16.2. The van der Waals surface area contributed by atoms with E-state index in [2.05, 4.69) is 0 Å². The molecule has 0 saturated heterocycles. The van der Waals surface area contributed by atoms with Crippen LogP contribution in [0, 0.1) is 23.3 Å². The minimum absolute atomic E-state index is 0.273. The van der Waals surface area contributed by atoms with E-state index >= 15 is 0 Å². The summed E-state index contributed by atoms with van der Waals surface area (Å²) < 4.78 is 79.6. The molecule has 8 heteroatoms. The molecule has 0 saturated carbocycles. The van der Waals surface area contributed by atoms with Crippen LogP contribution in [0.15, 0.2) is 84.9 Å². The molecule has 0 unspecified atom stereocenters. The van der Waals surface area contributed by atoms with Crippen molar-refractivity contribution in [2.75, 3.05) is 0 Å². The topological polar surface area (TPSA) is 35.5 Å². The van der Waals surface area contributed by atoms with Crippen LogP contribution >= 0.6 is 0 Å². The standard InChI is InChI=1S/C24H14F4O3S/c25-19-11-17(12-20(26)23(19)15-7-3-1-4-8-15)30-32(29)31-18-13-21(27)24(22(28)14-18)16-9-5-2-6-10-16/h1-14H. The molecule has 162 valence electrons. The predicted octanol–water partition coefficient (Wildman–Crippen LogP) is 6.61. The van der Waals surface area contributed by atoms with E-state index in [9.17, 15) is 21.8 Å². The fourth-order valence-electron chi connectivity index (χ4n) is 3.13. The second-order valence-corrected chi connectivity index (χ2v) is 7.37. The maximum atomic E-state index is 14.4. The van der Waals surface area contributed by atoms with Crippen molar-refractivity contribution in [1.29, 1.82) is 0 Å². The highest BCUT2D eigenvalue weighted by atomic mass is 32.2. The Morgan fingerprint density at radius 3 is 1.16 bits per heavy atom. The third-order valence-corrected chi connectivity index (χ3v) is 5.14. The Balaban J connectivity index is 1.52. The Hall–Kier alpha value is -3.65. The number of hydrogen-bond acceptors (Lipinski definition) is 3. The van der Waals surface area contributed by atoms with Crippen molar-refractivity contribution in [2.24, 2.45) is 0 Å². The van der Waals surface area contributed by atoms with E-state index in [0.717, 1.165) is 24.3 Å². The lowest BCUT2D eigenvalue weighted by Crippen LogP contribution is -2.09. The van der Waals surface area contributed by atoms with Gasteiger partial charge in [-0.05, 0) is 11.1 Å². The van der Waals surface area contributed by atoms with Crippen LogP contribution in [0.4, 0.5) is 17.6 Å². The summed E-state index contributed by atoms with van der Waals surface area (Å²) in [4.78, 5) is 0. The summed E-state index contributed by atoms with van der Waals surface area (Å²) in [5.41, 5.74) is 0.0855. The van der Waals surface area contributed by atoms with Crippen molar-refractivity contribution in [3.8, 4) is 33.8 Å². The molecule has 0 aliphatic carbocycles. The molecule has 0 aliphatic rings. The second-order valence-electron chi connectivity index (χ2n) is 6.63. The lowest BCUT2D eigenvalue weighted by atomic mass is 10.0. The summed E-state index contributed by atoms with van der Waals surface area (Å²) in [6, 6.07) is 19.4. The largest absolute Gasteiger partial charge is 0.417 e. The van der Waals surface area contributed by atoms with Crippen LogP contribution in [-0.2, 0) is 11.4 Å². The van der Waals surface area contributed by atoms with Gasteiger partial charge in [0.05, 0.1) is 11.1 Å². The van der Waals surface area contributed by atoms with Crippen LogP contribution in [-0.4, -0.2) is 4.21 Å². The Labute approximate surface area is 183 Å². The fourth-order valence-corrected chi connectivity index (χ4v) is 3.67. The summed E-state index contributed by atoms with van der Waals surface area (Å²) in [5, 5.41) is 0. The SMILES string of the molecule is O=S(Oc1cc(F)c(-c2ccccc2)c(F)c1)Oc1cc(F)c(-c2ccccc2)c(F)c1. The molecular formula is C24H14F4O3S. The van der Waals surface area contributed by atoms with Gasteiger partial charge in [-0.25, -0.2) is 17.6 Å². The minimum Gasteiger partial charge on any atom is -0.371 e. The van der Waals surface area contributed by atoms with Gasteiger partial charge < -0.3 is 8.37 Å². The molecule has 3 nitrogen and oxygen atoms in total. The van der Waals surface area contributed by atoms with Crippen LogP contribution in [0.1, 0.15) is 0 Å². The van der Waals surface area contributed by atoms with Crippen LogP contribution in [0.5, 0.6) is 11.5 Å². The molecule has 0 radical (unpaired) electrons. The summed E-state index contributed by atoms with van der Waals surface area (Å²) in [6.07, 6.45) is 0. The molecule has 0 atom stereocenters. The maximum Gasteiger partial charge on any atom is 0.417 e. The monoisotopic (exact) mass is 458 g/mol. The Morgan fingerprint density at radius 1 is 0.531 bits per heavy atom. The normalized spacial score (nSPS) is 10.9. The molecule has 32 heavy (non-hydrogen) atoms. The van der Waals surface area contributed by atoms with Crippen molar-refractivity contribution < 1.29 is 30.1 Å². The van der Waals surface area contributed by atoms with Crippen molar-refractivity contribution in [2.45, 2.75) is 0 Å². The van der Waals surface area contributed by atoms with Crippen molar-refractivity contribution in [3.63, 3.8) is 0 Å². The van der Waals surface area contributed by atoms with E-state index < -0.39 is 46.1 Å². The van der Waals surface area contributed by atoms with E-state index in [-0.39, 0.29) is 11.1 Å². The van der Waals surface area contributed by atoms with Crippen LogP contribution in [0.3, 0.4) is 0 Å². The fraction of sp³-hybridized carbons (Fsp3) is 0. The molecule has 4 rings (SSSR count). The molecule has 0 bridgehead atoms. The maximum absolute atomic E-state index is 14.4. The lowest BCUT2D eigenvalue weighted by Gasteiger charge is -2.11. The van der Waals surface area contributed by atoms with E-state index in [1.165, 1.54) is 24.3 Å². The summed E-state index contributed by atoms with van der Waals surface area (Å²) in [7, 11) is 0. The van der Waals surface area contributed by atoms with Gasteiger partial charge in [-0.1, -0.05) is 60.7 Å². The van der Waals surface area contributed by atoms with Crippen molar-refractivity contribution in [1.82, 2.24) is 0 Å². The number of halogens is 4. The first-order valence-corrected chi connectivity index (χ1v) is 10.3. The summed E-state index contributed by atoms with van der Waals surface area (Å²) >= 11 is -2.62. The zero-order valence-corrected chi connectivity index (χ0v) is 17.0. The Bertz CT molecular complexity index is 1140. The van der Waals surface area contributed by atoms with Gasteiger partial charge in [-0.2, -0.15) is 4.21 Å². The van der Waals surface area contributed by atoms with Gasteiger partial charge in [-0.3, -0.25) is 0 Å². The molecule has 0 fully saturated rings. The first-order chi connectivity index (χ1) is 15.4. The number of benzene rings is 4. The van der Waals surface area contributed by atoms with Gasteiger partial charge in [0.1, 0.15) is 34.8 Å². The van der Waals surface area contributed by atoms with Gasteiger partial charge in [0, 0.05) is 24.3 Å². The molecular weight excluding hydrogens is 444 g/mol. The van der Waals surface area contributed by atoms with Crippen molar-refractivity contribution in [3.05, 3.63) is 108 Å². The molecule has 0 heterocycles. The minimum atomic E-state index is -2.62. The van der Waals surface area contributed by atoms with Gasteiger partial charge in [0.15, 0.2) is 0 Å². The van der Waals surface area contributed by atoms with Gasteiger partial charge in [0.25, 0.3) is 0 Å². The Morgan fingerprint density at radius 2 is 0.844 bits per heavy atom. The highest BCUT2D eigenvalue weighted by Crippen LogP contribution is 2.32. The number of rotatable bonds is 6. The Kier molecular flexibility index (Phi) is 6.23. The summed E-state index contributed by atoms with van der Waals surface area (Å²) in [6.45, 7) is 0. The lowest BCUT2D eigenvalue weighted by molar-refractivity contribution is 0.453. The second kappa shape index (κ2) is 9.23. The van der Waals surface area contributed by atoms with Crippen LogP contribution in [0.25, 0.3) is 22.3 Å². The van der Waals surface area contributed by atoms with E-state index in [0.29, 0.717) is 11.1 Å².